The highest BCUT2D eigenvalue weighted by molar-refractivity contribution is 9.10. The molecule has 0 aromatic carbocycles. The molecule has 0 bridgehead atoms. The average Bonchev–Trinajstić information content (AvgIpc) is 2.37. The molecule has 4 heteroatoms. The largest absolute Gasteiger partial charge is 0.416 e. The van der Waals surface area contributed by atoms with E-state index in [1.165, 1.54) is 12.8 Å². The third kappa shape index (κ3) is 3.01. The second-order valence-corrected chi connectivity index (χ2v) is 3.08. The molecule has 0 aliphatic rings. The topological polar surface area (TPSA) is 38.9 Å². The molecule has 0 saturated carbocycles. The Labute approximate surface area is 74.3 Å². The minimum Gasteiger partial charge on any atom is -0.416 e. The van der Waals surface area contributed by atoms with Crippen molar-refractivity contribution >= 4 is 15.9 Å². The van der Waals surface area contributed by atoms with Gasteiger partial charge in [-0.3, -0.25) is 0 Å². The molecule has 0 unspecified atom stereocenters. The van der Waals surface area contributed by atoms with Crippen LogP contribution >= 0.6 is 15.9 Å². The van der Waals surface area contributed by atoms with Crippen LogP contribution in [-0.4, -0.2) is 10.2 Å². The summed E-state index contributed by atoms with van der Waals surface area (Å²) in [7, 11) is 0. The summed E-state index contributed by atoms with van der Waals surface area (Å²) < 4.78 is 5.12. The van der Waals surface area contributed by atoms with E-state index in [1.54, 1.807) is 0 Å². The average molecular weight is 219 g/mol. The summed E-state index contributed by atoms with van der Waals surface area (Å²) in [6.07, 6.45) is 4.47. The molecule has 1 aromatic heterocycles. The van der Waals surface area contributed by atoms with Crippen molar-refractivity contribution in [2.24, 2.45) is 0 Å². The molecule has 0 atom stereocenters. The number of rotatable bonds is 4. The van der Waals surface area contributed by atoms with Gasteiger partial charge in [0, 0.05) is 22.4 Å². The van der Waals surface area contributed by atoms with Crippen molar-refractivity contribution in [3.05, 3.63) is 10.7 Å². The fraction of sp³-hybridized carbons (Fsp3) is 0.714. The Morgan fingerprint density at radius 1 is 1.36 bits per heavy atom. The number of aryl methyl sites for hydroxylation is 1. The van der Waals surface area contributed by atoms with Crippen molar-refractivity contribution in [1.29, 1.82) is 0 Å². The number of aromatic nitrogens is 2. The van der Waals surface area contributed by atoms with Crippen LogP contribution in [-0.2, 0) is 6.42 Å². The van der Waals surface area contributed by atoms with Gasteiger partial charge >= 0.3 is 0 Å². The first-order chi connectivity index (χ1) is 5.33. The van der Waals surface area contributed by atoms with E-state index in [1.807, 2.05) is 0 Å². The van der Waals surface area contributed by atoms with Crippen LogP contribution in [0.15, 0.2) is 9.22 Å². The Morgan fingerprint density at radius 2 is 2.18 bits per heavy atom. The molecule has 1 aromatic rings. The highest BCUT2D eigenvalue weighted by atomic mass is 79.9. The maximum absolute atomic E-state index is 5.12. The smallest absolute Gasteiger partial charge is 0.284 e. The van der Waals surface area contributed by atoms with Crippen LogP contribution in [0.25, 0.3) is 0 Å². The molecule has 0 aliphatic carbocycles. The van der Waals surface area contributed by atoms with Gasteiger partial charge in [-0.2, -0.15) is 0 Å². The second-order valence-electron chi connectivity index (χ2n) is 2.41. The number of unbranched alkanes of at least 4 members (excludes halogenated alkanes) is 2. The van der Waals surface area contributed by atoms with Crippen molar-refractivity contribution in [2.45, 2.75) is 32.6 Å². The molecule has 0 aliphatic heterocycles. The molecular weight excluding hydrogens is 208 g/mol. The van der Waals surface area contributed by atoms with Gasteiger partial charge in [0.15, 0.2) is 0 Å². The molecule has 1 heterocycles. The maximum atomic E-state index is 5.12. The summed E-state index contributed by atoms with van der Waals surface area (Å²) in [5.41, 5.74) is 0. The Kier molecular flexibility index (Phi) is 3.56. The van der Waals surface area contributed by atoms with Crippen LogP contribution in [0, 0.1) is 0 Å². The fourth-order valence-corrected chi connectivity index (χ4v) is 1.13. The Balaban J connectivity index is 2.27. The van der Waals surface area contributed by atoms with E-state index in [2.05, 4.69) is 33.1 Å². The van der Waals surface area contributed by atoms with E-state index in [9.17, 15) is 0 Å². The number of nitrogens with zero attached hydrogens (tertiary/aromatic N) is 2. The molecule has 0 saturated heterocycles. The normalized spacial score (nSPS) is 10.4. The lowest BCUT2D eigenvalue weighted by Gasteiger charge is -1.91. The van der Waals surface area contributed by atoms with Gasteiger partial charge in [0.2, 0.25) is 5.89 Å². The minimum atomic E-state index is 0.476. The predicted molar refractivity (Wildman–Crippen MR) is 45.2 cm³/mol. The van der Waals surface area contributed by atoms with E-state index in [-0.39, 0.29) is 0 Å². The van der Waals surface area contributed by atoms with Crippen molar-refractivity contribution < 1.29 is 4.42 Å². The van der Waals surface area contributed by atoms with E-state index >= 15 is 0 Å². The molecule has 1 rings (SSSR count). The quantitative estimate of drug-likeness (QED) is 0.730. The summed E-state index contributed by atoms with van der Waals surface area (Å²) in [6.45, 7) is 2.17. The molecule has 0 N–H and O–H groups in total. The van der Waals surface area contributed by atoms with Crippen molar-refractivity contribution in [1.82, 2.24) is 10.2 Å². The summed E-state index contributed by atoms with van der Waals surface area (Å²) in [4.78, 5) is 0.476. The van der Waals surface area contributed by atoms with E-state index < -0.39 is 0 Å². The van der Waals surface area contributed by atoms with Crippen LogP contribution in [0.2, 0.25) is 0 Å². The fourth-order valence-electron chi connectivity index (χ4n) is 0.860. The molecule has 3 nitrogen and oxygen atoms in total. The number of hydrogen-bond donors (Lipinski definition) is 0. The summed E-state index contributed by atoms with van der Waals surface area (Å²) in [5, 5.41) is 7.52. The lowest BCUT2D eigenvalue weighted by molar-refractivity contribution is 0.462. The van der Waals surface area contributed by atoms with Crippen LogP contribution in [0.5, 0.6) is 0 Å². The monoisotopic (exact) mass is 218 g/mol. The zero-order valence-electron chi connectivity index (χ0n) is 6.51. The molecule has 0 amide bonds. The van der Waals surface area contributed by atoms with Gasteiger partial charge in [-0.25, -0.2) is 0 Å². The first kappa shape index (κ1) is 8.71. The zero-order valence-corrected chi connectivity index (χ0v) is 8.10. The molecule has 0 spiro atoms. The third-order valence-corrected chi connectivity index (χ3v) is 1.76. The first-order valence-electron chi connectivity index (χ1n) is 3.81. The summed E-state index contributed by atoms with van der Waals surface area (Å²) >= 11 is 3.10. The maximum Gasteiger partial charge on any atom is 0.284 e. The van der Waals surface area contributed by atoms with Crippen molar-refractivity contribution in [3.8, 4) is 0 Å². The molecule has 0 radical (unpaired) electrons. The molecule has 62 valence electrons. The van der Waals surface area contributed by atoms with Gasteiger partial charge in [-0.15, -0.1) is 10.2 Å². The minimum absolute atomic E-state index is 0.476. The highest BCUT2D eigenvalue weighted by Crippen LogP contribution is 2.09. The molecule has 11 heavy (non-hydrogen) atoms. The van der Waals surface area contributed by atoms with Crippen molar-refractivity contribution in [2.75, 3.05) is 0 Å². The van der Waals surface area contributed by atoms with Gasteiger partial charge in [-0.05, 0) is 6.42 Å². The lowest BCUT2D eigenvalue weighted by Crippen LogP contribution is -1.84. The van der Waals surface area contributed by atoms with Crippen LogP contribution in [0.3, 0.4) is 0 Å². The van der Waals surface area contributed by atoms with Gasteiger partial charge in [0.25, 0.3) is 4.80 Å². The number of halogens is 1. The third-order valence-electron chi connectivity index (χ3n) is 1.44. The Morgan fingerprint density at radius 3 is 2.73 bits per heavy atom. The van der Waals surface area contributed by atoms with E-state index in [0.29, 0.717) is 4.80 Å². The van der Waals surface area contributed by atoms with E-state index in [0.717, 1.165) is 18.7 Å². The van der Waals surface area contributed by atoms with Gasteiger partial charge in [-0.1, -0.05) is 19.8 Å². The van der Waals surface area contributed by atoms with Gasteiger partial charge < -0.3 is 4.42 Å². The van der Waals surface area contributed by atoms with Crippen molar-refractivity contribution in [3.63, 3.8) is 0 Å². The standard InChI is InChI=1S/C7H11BrN2O/c1-2-3-4-5-6-9-10-7(8)11-6/h2-5H2,1H3. The Bertz CT molecular complexity index is 212. The summed E-state index contributed by atoms with van der Waals surface area (Å²) in [6, 6.07) is 0. The number of hydrogen-bond acceptors (Lipinski definition) is 3. The second kappa shape index (κ2) is 4.49. The molecular formula is C7H11BrN2O. The van der Waals surface area contributed by atoms with Crippen LogP contribution in [0.1, 0.15) is 32.1 Å². The molecule has 0 fully saturated rings. The Hall–Kier alpha value is -0.380. The summed E-state index contributed by atoms with van der Waals surface area (Å²) in [5.74, 6) is 0.727. The van der Waals surface area contributed by atoms with Crippen LogP contribution in [0.4, 0.5) is 0 Å². The highest BCUT2D eigenvalue weighted by Gasteiger charge is 2.00. The SMILES string of the molecule is CCCCCc1nnc(Br)o1. The predicted octanol–water partition coefficient (Wildman–Crippen LogP) is 2.56. The zero-order chi connectivity index (χ0) is 8.10. The first-order valence-corrected chi connectivity index (χ1v) is 4.60. The van der Waals surface area contributed by atoms with Gasteiger partial charge in [0.05, 0.1) is 0 Å². The lowest BCUT2D eigenvalue weighted by atomic mass is 10.2. The van der Waals surface area contributed by atoms with Crippen LogP contribution < -0.4 is 0 Å². The van der Waals surface area contributed by atoms with Gasteiger partial charge in [0.1, 0.15) is 0 Å². The van der Waals surface area contributed by atoms with E-state index in [4.69, 9.17) is 4.42 Å².